The molecule has 18 heavy (non-hydrogen) atoms. The van der Waals surface area contributed by atoms with Crippen molar-refractivity contribution in [2.45, 2.75) is 13.3 Å². The lowest BCUT2D eigenvalue weighted by atomic mass is 10.3. The van der Waals surface area contributed by atoms with E-state index >= 15 is 0 Å². The van der Waals surface area contributed by atoms with Crippen LogP contribution in [0.1, 0.15) is 12.8 Å². The smallest absolute Gasteiger partial charge is 0.329 e. The van der Waals surface area contributed by atoms with Crippen molar-refractivity contribution in [1.82, 2.24) is 19.9 Å². The van der Waals surface area contributed by atoms with Crippen LogP contribution in [0.3, 0.4) is 0 Å². The van der Waals surface area contributed by atoms with Crippen LogP contribution in [0.15, 0.2) is 15.3 Å². The van der Waals surface area contributed by atoms with Crippen LogP contribution in [0.25, 0.3) is 5.84 Å². The molecule has 0 aromatic carbocycles. The number of nitrogens with zero attached hydrogens (tertiary/aromatic N) is 4. The van der Waals surface area contributed by atoms with E-state index in [2.05, 4.69) is 20.3 Å². The van der Waals surface area contributed by atoms with Crippen molar-refractivity contribution in [3.05, 3.63) is 22.3 Å². The third-order valence-corrected chi connectivity index (χ3v) is 3.02. The largest absolute Gasteiger partial charge is 0.408 e. The molecule has 0 aliphatic carbocycles. The fourth-order valence-corrected chi connectivity index (χ4v) is 2.10. The Hall–Kier alpha value is -1.89. The Kier molecular flexibility index (Phi) is 2.75. The van der Waals surface area contributed by atoms with E-state index in [9.17, 15) is 4.79 Å². The average Bonchev–Trinajstić information content (AvgIpc) is 2.81. The van der Waals surface area contributed by atoms with Gasteiger partial charge < -0.3 is 14.6 Å². The summed E-state index contributed by atoms with van der Waals surface area (Å²) in [5.74, 6) is 1.62. The Bertz CT molecular complexity index is 611. The Labute approximate surface area is 103 Å². The lowest BCUT2D eigenvalue weighted by molar-refractivity contribution is 0.527. The Morgan fingerprint density at radius 1 is 1.44 bits per heavy atom. The third kappa shape index (κ3) is 1.86. The van der Waals surface area contributed by atoms with Crippen LogP contribution in [0.2, 0.25) is 0 Å². The molecule has 96 valence electrons. The molecule has 1 fully saturated rings. The SMILES string of the molecule is CCc1nn2c(N3CCNCC3)cc(=O)nc2o1. The molecule has 1 aliphatic heterocycles. The molecule has 2 aromatic rings. The third-order valence-electron chi connectivity index (χ3n) is 3.02. The van der Waals surface area contributed by atoms with Crippen molar-refractivity contribution < 1.29 is 4.42 Å². The van der Waals surface area contributed by atoms with E-state index in [4.69, 9.17) is 4.42 Å². The predicted octanol–water partition coefficient (Wildman–Crippen LogP) is -0.345. The molecule has 0 radical (unpaired) electrons. The van der Waals surface area contributed by atoms with Gasteiger partial charge in [0, 0.05) is 38.7 Å². The molecule has 0 atom stereocenters. The maximum atomic E-state index is 11.6. The Morgan fingerprint density at radius 3 is 2.94 bits per heavy atom. The number of hydrogen-bond donors (Lipinski definition) is 1. The fourth-order valence-electron chi connectivity index (χ4n) is 2.10. The summed E-state index contributed by atoms with van der Waals surface area (Å²) >= 11 is 0. The fraction of sp³-hybridized carbons (Fsp3) is 0.545. The minimum Gasteiger partial charge on any atom is -0.408 e. The van der Waals surface area contributed by atoms with Crippen LogP contribution < -0.4 is 15.8 Å². The lowest BCUT2D eigenvalue weighted by Crippen LogP contribution is -2.44. The van der Waals surface area contributed by atoms with Crippen molar-refractivity contribution >= 4 is 11.7 Å². The van der Waals surface area contributed by atoms with E-state index in [1.165, 1.54) is 6.07 Å². The zero-order valence-corrected chi connectivity index (χ0v) is 10.2. The molecule has 1 saturated heterocycles. The summed E-state index contributed by atoms with van der Waals surface area (Å²) in [7, 11) is 0. The molecule has 0 spiro atoms. The summed E-state index contributed by atoms with van der Waals surface area (Å²) in [5.41, 5.74) is -0.290. The van der Waals surface area contributed by atoms with Gasteiger partial charge in [-0.3, -0.25) is 4.79 Å². The minimum absolute atomic E-state index is 0.271. The highest BCUT2D eigenvalue weighted by atomic mass is 16.4. The maximum absolute atomic E-state index is 11.6. The molecule has 7 nitrogen and oxygen atoms in total. The number of anilines is 1. The predicted molar refractivity (Wildman–Crippen MR) is 66.0 cm³/mol. The second-order valence-corrected chi connectivity index (χ2v) is 4.23. The summed E-state index contributed by atoms with van der Waals surface area (Å²) in [6.07, 6.45) is 0.679. The molecule has 1 N–H and O–H groups in total. The number of nitrogens with one attached hydrogen (secondary N) is 1. The van der Waals surface area contributed by atoms with Gasteiger partial charge in [-0.2, -0.15) is 9.50 Å². The second kappa shape index (κ2) is 4.41. The zero-order valence-electron chi connectivity index (χ0n) is 10.2. The number of piperazine rings is 1. The van der Waals surface area contributed by atoms with Crippen LogP contribution in [0, 0.1) is 0 Å². The highest BCUT2D eigenvalue weighted by Gasteiger charge is 2.17. The molecule has 7 heteroatoms. The molecule has 0 amide bonds. The number of fused-ring (bicyclic) bond motifs is 1. The lowest BCUT2D eigenvalue weighted by Gasteiger charge is -2.28. The standard InChI is InChI=1S/C11H15N5O2/c1-2-9-14-16-10(15-5-3-12-4-6-15)7-8(17)13-11(16)18-9/h7,12H,2-6H2,1H3. The van der Waals surface area contributed by atoms with Crippen LogP contribution in [0.4, 0.5) is 5.82 Å². The normalized spacial score (nSPS) is 16.4. The highest BCUT2D eigenvalue weighted by molar-refractivity contribution is 5.44. The topological polar surface area (TPSA) is 75.7 Å². The molecule has 3 rings (SSSR count). The van der Waals surface area contributed by atoms with Crippen LogP contribution >= 0.6 is 0 Å². The monoisotopic (exact) mass is 249 g/mol. The summed E-state index contributed by atoms with van der Waals surface area (Å²) < 4.78 is 7.04. The first-order chi connectivity index (χ1) is 8.78. The van der Waals surface area contributed by atoms with Crippen LogP contribution in [0.5, 0.6) is 0 Å². The first-order valence-corrected chi connectivity index (χ1v) is 6.13. The minimum atomic E-state index is -0.290. The van der Waals surface area contributed by atoms with Gasteiger partial charge in [0.1, 0.15) is 5.82 Å². The first kappa shape index (κ1) is 11.2. The highest BCUT2D eigenvalue weighted by Crippen LogP contribution is 2.14. The number of aryl methyl sites for hydroxylation is 1. The molecule has 0 bridgehead atoms. The van der Waals surface area contributed by atoms with Gasteiger partial charge in [-0.15, -0.1) is 5.10 Å². The van der Waals surface area contributed by atoms with E-state index in [-0.39, 0.29) is 11.4 Å². The van der Waals surface area contributed by atoms with E-state index in [1.54, 1.807) is 4.52 Å². The quantitative estimate of drug-likeness (QED) is 0.784. The van der Waals surface area contributed by atoms with Crippen molar-refractivity contribution in [3.63, 3.8) is 0 Å². The van der Waals surface area contributed by atoms with Gasteiger partial charge in [0.25, 0.3) is 5.56 Å². The summed E-state index contributed by atoms with van der Waals surface area (Å²) in [6, 6.07) is 1.51. The van der Waals surface area contributed by atoms with E-state index in [1.807, 2.05) is 6.92 Å². The molecule has 3 heterocycles. The molecule has 1 aliphatic rings. The Balaban J connectivity index is 2.13. The molecule has 0 unspecified atom stereocenters. The molecule has 0 saturated carbocycles. The summed E-state index contributed by atoms with van der Waals surface area (Å²) in [4.78, 5) is 17.5. The van der Waals surface area contributed by atoms with Gasteiger partial charge in [-0.05, 0) is 0 Å². The van der Waals surface area contributed by atoms with E-state index in [0.29, 0.717) is 12.3 Å². The number of aromatic nitrogens is 3. The number of hydrogen-bond acceptors (Lipinski definition) is 6. The summed E-state index contributed by atoms with van der Waals surface area (Å²) in [6.45, 7) is 5.45. The van der Waals surface area contributed by atoms with Gasteiger partial charge in [-0.1, -0.05) is 6.92 Å². The van der Waals surface area contributed by atoms with Gasteiger partial charge in [0.2, 0.25) is 5.89 Å². The van der Waals surface area contributed by atoms with Crippen molar-refractivity contribution in [3.8, 4) is 0 Å². The Morgan fingerprint density at radius 2 is 2.22 bits per heavy atom. The van der Waals surface area contributed by atoms with Gasteiger partial charge in [0.15, 0.2) is 0 Å². The first-order valence-electron chi connectivity index (χ1n) is 6.13. The van der Waals surface area contributed by atoms with Gasteiger partial charge >= 0.3 is 5.84 Å². The van der Waals surface area contributed by atoms with Crippen molar-refractivity contribution in [2.24, 2.45) is 0 Å². The van der Waals surface area contributed by atoms with E-state index in [0.717, 1.165) is 32.0 Å². The summed E-state index contributed by atoms with van der Waals surface area (Å²) in [5, 5.41) is 7.61. The van der Waals surface area contributed by atoms with Crippen LogP contribution in [-0.2, 0) is 6.42 Å². The molecule has 2 aromatic heterocycles. The van der Waals surface area contributed by atoms with E-state index < -0.39 is 0 Å². The zero-order chi connectivity index (χ0) is 12.5. The van der Waals surface area contributed by atoms with Gasteiger partial charge in [-0.25, -0.2) is 0 Å². The van der Waals surface area contributed by atoms with Gasteiger partial charge in [0.05, 0.1) is 0 Å². The second-order valence-electron chi connectivity index (χ2n) is 4.23. The molecular formula is C11H15N5O2. The van der Waals surface area contributed by atoms with Crippen molar-refractivity contribution in [1.29, 1.82) is 0 Å². The number of rotatable bonds is 2. The maximum Gasteiger partial charge on any atom is 0.329 e. The van der Waals surface area contributed by atoms with Crippen molar-refractivity contribution in [2.75, 3.05) is 31.1 Å². The molecular weight excluding hydrogens is 234 g/mol. The average molecular weight is 249 g/mol. The van der Waals surface area contributed by atoms with Crippen LogP contribution in [-0.4, -0.2) is 40.8 Å².